The van der Waals surface area contributed by atoms with Crippen molar-refractivity contribution in [1.29, 1.82) is 0 Å². The first kappa shape index (κ1) is 14.0. The second-order valence-corrected chi connectivity index (χ2v) is 4.28. The fourth-order valence-electron chi connectivity index (χ4n) is 1.86. The number of hydrogen-bond donors (Lipinski definition) is 1. The highest BCUT2D eigenvalue weighted by Gasteiger charge is 2.07. The molecule has 1 aromatic carbocycles. The third-order valence-electron chi connectivity index (χ3n) is 2.81. The molecule has 0 aliphatic rings. The molecule has 0 fully saturated rings. The number of nitrogens with one attached hydrogen (secondary N) is 1. The summed E-state index contributed by atoms with van der Waals surface area (Å²) in [6, 6.07) is 8.07. The van der Waals surface area contributed by atoms with E-state index in [1.54, 1.807) is 25.1 Å². The first-order valence-corrected chi connectivity index (χ1v) is 6.22. The van der Waals surface area contributed by atoms with E-state index in [1.165, 1.54) is 23.8 Å². The Kier molecular flexibility index (Phi) is 4.34. The van der Waals surface area contributed by atoms with Gasteiger partial charge in [0.15, 0.2) is 0 Å². The Bertz CT molecular complexity index is 655. The molecule has 0 bridgehead atoms. The molecular formula is C14H16FN3O2. The minimum Gasteiger partial charge on any atom is -0.468 e. The maximum atomic E-state index is 13.4. The van der Waals surface area contributed by atoms with Gasteiger partial charge in [-0.1, -0.05) is 12.1 Å². The summed E-state index contributed by atoms with van der Waals surface area (Å²) in [5.74, 6) is -0.325. The predicted molar refractivity (Wildman–Crippen MR) is 74.7 cm³/mol. The minimum atomic E-state index is -0.325. The van der Waals surface area contributed by atoms with Gasteiger partial charge in [0.25, 0.3) is 11.6 Å². The fraction of sp³-hybridized carbons (Fsp3) is 0.286. The molecule has 0 aliphatic heterocycles. The van der Waals surface area contributed by atoms with Gasteiger partial charge in [0.2, 0.25) is 0 Å². The van der Waals surface area contributed by atoms with E-state index in [0.29, 0.717) is 24.5 Å². The summed E-state index contributed by atoms with van der Waals surface area (Å²) < 4.78 is 19.9. The summed E-state index contributed by atoms with van der Waals surface area (Å²) in [6.45, 7) is 2.46. The van der Waals surface area contributed by atoms with Crippen molar-refractivity contribution in [3.05, 3.63) is 52.2 Å². The van der Waals surface area contributed by atoms with E-state index in [1.807, 2.05) is 0 Å². The number of methoxy groups -OCH3 is 1. The van der Waals surface area contributed by atoms with Crippen LogP contribution in [-0.2, 0) is 6.54 Å². The van der Waals surface area contributed by atoms with Gasteiger partial charge in [-0.3, -0.25) is 9.36 Å². The second kappa shape index (κ2) is 6.18. The quantitative estimate of drug-likeness (QED) is 0.905. The summed E-state index contributed by atoms with van der Waals surface area (Å²) in [6.07, 6.45) is 0. The van der Waals surface area contributed by atoms with Crippen LogP contribution < -0.4 is 15.6 Å². The van der Waals surface area contributed by atoms with Crippen molar-refractivity contribution < 1.29 is 9.13 Å². The van der Waals surface area contributed by atoms with Crippen molar-refractivity contribution in [2.24, 2.45) is 0 Å². The van der Waals surface area contributed by atoms with E-state index < -0.39 is 0 Å². The molecule has 0 saturated carbocycles. The summed E-state index contributed by atoms with van der Waals surface area (Å²) in [4.78, 5) is 16.0. The largest absolute Gasteiger partial charge is 0.468 e. The smallest absolute Gasteiger partial charge is 0.299 e. The first-order valence-electron chi connectivity index (χ1n) is 6.22. The van der Waals surface area contributed by atoms with E-state index in [4.69, 9.17) is 4.74 Å². The van der Waals surface area contributed by atoms with Crippen molar-refractivity contribution >= 4 is 5.69 Å². The Hall–Kier alpha value is -2.37. The number of benzene rings is 1. The van der Waals surface area contributed by atoms with Gasteiger partial charge in [0, 0.05) is 24.8 Å². The van der Waals surface area contributed by atoms with Gasteiger partial charge in [0.1, 0.15) is 5.82 Å². The zero-order valence-corrected chi connectivity index (χ0v) is 11.4. The summed E-state index contributed by atoms with van der Waals surface area (Å²) >= 11 is 0. The minimum absolute atomic E-state index is 0.190. The van der Waals surface area contributed by atoms with Crippen molar-refractivity contribution in [2.45, 2.75) is 13.5 Å². The SMILES string of the molecule is COc1nc(C)cc(=O)n1CCNc1ccccc1F. The van der Waals surface area contributed by atoms with Crippen LogP contribution in [0.3, 0.4) is 0 Å². The highest BCUT2D eigenvalue weighted by atomic mass is 19.1. The van der Waals surface area contributed by atoms with Gasteiger partial charge in [0.05, 0.1) is 12.8 Å². The molecule has 1 aromatic heterocycles. The second-order valence-electron chi connectivity index (χ2n) is 4.28. The molecule has 0 unspecified atom stereocenters. The number of hydrogen-bond acceptors (Lipinski definition) is 4. The van der Waals surface area contributed by atoms with E-state index in [2.05, 4.69) is 10.3 Å². The number of ether oxygens (including phenoxy) is 1. The summed E-state index contributed by atoms with van der Waals surface area (Å²) in [5.41, 5.74) is 0.814. The van der Waals surface area contributed by atoms with Gasteiger partial charge in [-0.05, 0) is 19.1 Å². The van der Waals surface area contributed by atoms with Crippen molar-refractivity contribution in [1.82, 2.24) is 9.55 Å². The highest BCUT2D eigenvalue weighted by Crippen LogP contribution is 2.12. The molecule has 20 heavy (non-hydrogen) atoms. The van der Waals surface area contributed by atoms with Gasteiger partial charge < -0.3 is 10.1 Å². The van der Waals surface area contributed by atoms with E-state index in [9.17, 15) is 9.18 Å². The molecule has 0 radical (unpaired) electrons. The van der Waals surface area contributed by atoms with Crippen LogP contribution in [0.15, 0.2) is 35.1 Å². The normalized spacial score (nSPS) is 10.3. The maximum absolute atomic E-state index is 13.4. The summed E-state index contributed by atoms with van der Waals surface area (Å²) in [7, 11) is 1.46. The lowest BCUT2D eigenvalue weighted by Gasteiger charge is -2.12. The van der Waals surface area contributed by atoms with Crippen LogP contribution in [0.1, 0.15) is 5.69 Å². The Morgan fingerprint density at radius 1 is 1.40 bits per heavy atom. The van der Waals surface area contributed by atoms with Crippen LogP contribution >= 0.6 is 0 Å². The number of halogens is 1. The number of aryl methyl sites for hydroxylation is 1. The molecule has 1 heterocycles. The molecule has 106 valence electrons. The molecule has 0 amide bonds. The van der Waals surface area contributed by atoms with Crippen LogP contribution in [0.25, 0.3) is 0 Å². The van der Waals surface area contributed by atoms with Crippen LogP contribution in [0.2, 0.25) is 0 Å². The topological polar surface area (TPSA) is 56.1 Å². The van der Waals surface area contributed by atoms with Gasteiger partial charge in [-0.2, -0.15) is 0 Å². The average Bonchev–Trinajstić information content (AvgIpc) is 2.42. The maximum Gasteiger partial charge on any atom is 0.299 e. The van der Waals surface area contributed by atoms with Crippen molar-refractivity contribution in [2.75, 3.05) is 19.0 Å². The molecule has 0 saturated heterocycles. The van der Waals surface area contributed by atoms with Crippen LogP contribution in [0, 0.1) is 12.7 Å². The van der Waals surface area contributed by atoms with E-state index >= 15 is 0 Å². The van der Waals surface area contributed by atoms with Crippen molar-refractivity contribution in [3.8, 4) is 6.01 Å². The van der Waals surface area contributed by atoms with Gasteiger partial charge in [-0.25, -0.2) is 9.37 Å². The van der Waals surface area contributed by atoms with Gasteiger partial charge in [-0.15, -0.1) is 0 Å². The van der Waals surface area contributed by atoms with Crippen LogP contribution in [0.5, 0.6) is 6.01 Å². The lowest BCUT2D eigenvalue weighted by Crippen LogP contribution is -2.26. The third kappa shape index (κ3) is 3.14. The van der Waals surface area contributed by atoms with E-state index in [-0.39, 0.29) is 17.4 Å². The Morgan fingerprint density at radius 2 is 2.15 bits per heavy atom. The molecule has 2 aromatic rings. The first-order chi connectivity index (χ1) is 9.61. The Balaban J connectivity index is 2.08. The molecule has 0 atom stereocenters. The number of para-hydroxylation sites is 1. The molecule has 1 N–H and O–H groups in total. The average molecular weight is 277 g/mol. The number of nitrogens with zero attached hydrogens (tertiary/aromatic N) is 2. The van der Waals surface area contributed by atoms with Gasteiger partial charge >= 0.3 is 0 Å². The monoisotopic (exact) mass is 277 g/mol. The lowest BCUT2D eigenvalue weighted by molar-refractivity contribution is 0.346. The molecule has 6 heteroatoms. The Morgan fingerprint density at radius 3 is 2.85 bits per heavy atom. The molecular weight excluding hydrogens is 261 g/mol. The summed E-state index contributed by atoms with van der Waals surface area (Å²) in [5, 5.41) is 2.94. The molecule has 5 nitrogen and oxygen atoms in total. The van der Waals surface area contributed by atoms with Crippen molar-refractivity contribution in [3.63, 3.8) is 0 Å². The third-order valence-corrected chi connectivity index (χ3v) is 2.81. The highest BCUT2D eigenvalue weighted by molar-refractivity contribution is 5.44. The zero-order chi connectivity index (χ0) is 14.5. The predicted octanol–water partition coefficient (Wildman–Crippen LogP) is 1.81. The molecule has 0 aliphatic carbocycles. The lowest BCUT2D eigenvalue weighted by atomic mass is 10.3. The number of aromatic nitrogens is 2. The Labute approximate surface area is 116 Å². The molecule has 2 rings (SSSR count). The standard InChI is InChI=1S/C14H16FN3O2/c1-10-9-13(19)18(14(17-10)20-2)8-7-16-12-6-4-3-5-11(12)15/h3-6,9,16H,7-8H2,1-2H3. The van der Waals surface area contributed by atoms with E-state index in [0.717, 1.165) is 0 Å². The number of rotatable bonds is 5. The zero-order valence-electron chi connectivity index (χ0n) is 11.4. The fourth-order valence-corrected chi connectivity index (χ4v) is 1.86. The van der Waals surface area contributed by atoms with Crippen LogP contribution in [0.4, 0.5) is 10.1 Å². The number of anilines is 1. The molecule has 0 spiro atoms. The van der Waals surface area contributed by atoms with Crippen LogP contribution in [-0.4, -0.2) is 23.2 Å².